The summed E-state index contributed by atoms with van der Waals surface area (Å²) in [7, 11) is 1.30. The normalized spacial score (nSPS) is 15.2. The molecule has 2 aromatic heterocycles. The lowest BCUT2D eigenvalue weighted by Crippen LogP contribution is -2.40. The molecule has 7 nitrogen and oxygen atoms in total. The molecule has 1 atom stereocenters. The quantitative estimate of drug-likeness (QED) is 0.225. The van der Waals surface area contributed by atoms with Crippen LogP contribution in [0.1, 0.15) is 43.2 Å². The van der Waals surface area contributed by atoms with Gasteiger partial charge in [0.25, 0.3) is 5.56 Å². The number of allylic oxidation sites excluding steroid dienone is 1. The molecule has 0 fully saturated rings. The maximum atomic E-state index is 13.9. The zero-order chi connectivity index (χ0) is 28.6. The van der Waals surface area contributed by atoms with E-state index < -0.39 is 12.0 Å². The van der Waals surface area contributed by atoms with E-state index >= 15 is 0 Å². The zero-order valence-electron chi connectivity index (χ0n) is 22.3. The molecule has 1 aliphatic heterocycles. The Morgan fingerprint density at radius 2 is 2.00 bits per heavy atom. The van der Waals surface area contributed by atoms with Crippen molar-refractivity contribution in [2.45, 2.75) is 33.2 Å². The van der Waals surface area contributed by atoms with Gasteiger partial charge in [0.05, 0.1) is 29.5 Å². The van der Waals surface area contributed by atoms with Gasteiger partial charge in [-0.3, -0.25) is 9.36 Å². The Kier molecular flexibility index (Phi) is 8.16. The Morgan fingerprint density at radius 3 is 2.73 bits per heavy atom. The van der Waals surface area contributed by atoms with Crippen molar-refractivity contribution in [3.8, 4) is 17.1 Å². The van der Waals surface area contributed by atoms with Crippen molar-refractivity contribution in [1.82, 2.24) is 4.57 Å². The average molecular weight is 642 g/mol. The van der Waals surface area contributed by atoms with Gasteiger partial charge in [0.2, 0.25) is 0 Å². The Balaban J connectivity index is 1.67. The van der Waals surface area contributed by atoms with Crippen molar-refractivity contribution in [2.24, 2.45) is 4.99 Å². The molecule has 3 heterocycles. The number of thiazole rings is 1. The van der Waals surface area contributed by atoms with E-state index in [9.17, 15) is 9.59 Å². The lowest BCUT2D eigenvalue weighted by molar-refractivity contribution is -0.136. The minimum Gasteiger partial charge on any atom is -0.493 e. The number of nitrogens with zero attached hydrogens (tertiary/aromatic N) is 2. The fraction of sp³-hybridized carbons (Fsp3) is 0.233. The van der Waals surface area contributed by atoms with Gasteiger partial charge in [0, 0.05) is 26.7 Å². The second kappa shape index (κ2) is 11.6. The standard InChI is InChI=1S/C30H26BrClN2O5S/c1-5-12-38-23-10-7-18(32)14-21(23)27-26(29(36)37-4)17(3)33-30-34(27)28(35)25(40-30)15-19-8-11-24(39-19)20-9-6-16(2)13-22(20)31/h6-11,13-15,27H,5,12H2,1-4H3/b25-15+/t27-/m0/s1. The van der Waals surface area contributed by atoms with Crippen LogP contribution in [0.4, 0.5) is 0 Å². The molecule has 0 saturated heterocycles. The number of rotatable bonds is 7. The number of halogens is 2. The number of benzene rings is 2. The van der Waals surface area contributed by atoms with Crippen LogP contribution in [-0.2, 0) is 9.53 Å². The van der Waals surface area contributed by atoms with Crippen LogP contribution in [0.25, 0.3) is 17.4 Å². The van der Waals surface area contributed by atoms with E-state index in [0.717, 1.165) is 22.0 Å². The zero-order valence-corrected chi connectivity index (χ0v) is 25.4. The van der Waals surface area contributed by atoms with E-state index in [1.165, 1.54) is 23.0 Å². The SMILES string of the molecule is CCCOc1ccc(Cl)cc1[C@H]1C(C(=O)OC)=C(C)N=c2s/c(=C/c3ccc(-c4ccc(C)cc4Br)o3)c(=O)n21. The topological polar surface area (TPSA) is 83.0 Å². The number of furan rings is 1. The van der Waals surface area contributed by atoms with E-state index in [4.69, 9.17) is 25.5 Å². The highest BCUT2D eigenvalue weighted by Gasteiger charge is 2.35. The van der Waals surface area contributed by atoms with Crippen molar-refractivity contribution in [1.29, 1.82) is 0 Å². The fourth-order valence-electron chi connectivity index (χ4n) is 4.59. The fourth-order valence-corrected chi connectivity index (χ4v) is 6.48. The van der Waals surface area contributed by atoms with E-state index in [0.29, 0.717) is 49.5 Å². The largest absolute Gasteiger partial charge is 0.493 e. The molecular weight excluding hydrogens is 616 g/mol. The number of hydrogen-bond donors (Lipinski definition) is 0. The highest BCUT2D eigenvalue weighted by atomic mass is 79.9. The lowest BCUT2D eigenvalue weighted by Gasteiger charge is -2.26. The van der Waals surface area contributed by atoms with Gasteiger partial charge in [-0.15, -0.1) is 0 Å². The molecule has 2 aromatic carbocycles. The van der Waals surface area contributed by atoms with Crippen molar-refractivity contribution in [3.05, 3.63) is 106 Å². The first-order chi connectivity index (χ1) is 19.2. The van der Waals surface area contributed by atoms with Crippen LogP contribution in [0.15, 0.2) is 78.5 Å². The average Bonchev–Trinajstić information content (AvgIpc) is 3.50. The molecule has 0 N–H and O–H groups in total. The van der Waals surface area contributed by atoms with Gasteiger partial charge < -0.3 is 13.9 Å². The van der Waals surface area contributed by atoms with E-state index in [-0.39, 0.29) is 11.1 Å². The summed E-state index contributed by atoms with van der Waals surface area (Å²) in [5, 5.41) is 0.449. The van der Waals surface area contributed by atoms with Crippen molar-refractivity contribution in [3.63, 3.8) is 0 Å². The molecule has 1 aliphatic rings. The number of ether oxygens (including phenoxy) is 2. The van der Waals surface area contributed by atoms with Crippen LogP contribution in [0.5, 0.6) is 5.75 Å². The molecule has 0 bridgehead atoms. The van der Waals surface area contributed by atoms with E-state index in [2.05, 4.69) is 20.9 Å². The smallest absolute Gasteiger partial charge is 0.338 e. The molecule has 10 heteroatoms. The minimum atomic E-state index is -0.841. The van der Waals surface area contributed by atoms with Crippen LogP contribution in [-0.4, -0.2) is 24.3 Å². The van der Waals surface area contributed by atoms with E-state index in [1.54, 1.807) is 31.2 Å². The summed E-state index contributed by atoms with van der Waals surface area (Å²) in [6.45, 7) is 6.21. The van der Waals surface area contributed by atoms with Gasteiger partial charge in [-0.05, 0) is 68.3 Å². The van der Waals surface area contributed by atoms with Gasteiger partial charge in [0.1, 0.15) is 23.3 Å². The number of methoxy groups -OCH3 is 1. The van der Waals surface area contributed by atoms with Gasteiger partial charge in [-0.25, -0.2) is 9.79 Å². The predicted molar refractivity (Wildman–Crippen MR) is 160 cm³/mol. The highest BCUT2D eigenvalue weighted by molar-refractivity contribution is 9.10. The second-order valence-electron chi connectivity index (χ2n) is 9.29. The van der Waals surface area contributed by atoms with Gasteiger partial charge in [-0.1, -0.05) is 51.9 Å². The number of aryl methyl sites for hydroxylation is 1. The molecule has 40 heavy (non-hydrogen) atoms. The maximum absolute atomic E-state index is 13.9. The molecule has 0 unspecified atom stereocenters. The Labute approximate surface area is 248 Å². The predicted octanol–water partition coefficient (Wildman–Crippen LogP) is 6.18. The third kappa shape index (κ3) is 5.33. The number of hydrogen-bond acceptors (Lipinski definition) is 7. The molecule has 206 valence electrons. The van der Waals surface area contributed by atoms with Crippen molar-refractivity contribution >= 4 is 50.9 Å². The lowest BCUT2D eigenvalue weighted by atomic mass is 9.95. The maximum Gasteiger partial charge on any atom is 0.338 e. The minimum absolute atomic E-state index is 0.245. The molecular formula is C30H26BrClN2O5S. The number of carbonyl (C=O) groups is 1. The number of fused-ring (bicyclic) bond motifs is 1. The first-order valence-corrected chi connectivity index (χ1v) is 14.6. The Hall–Kier alpha value is -3.40. The molecule has 4 aromatic rings. The summed E-state index contributed by atoms with van der Waals surface area (Å²) in [5.41, 5.74) is 2.99. The van der Waals surface area contributed by atoms with Crippen LogP contribution in [0.2, 0.25) is 5.02 Å². The number of aromatic nitrogens is 1. The highest BCUT2D eigenvalue weighted by Crippen LogP contribution is 2.37. The van der Waals surface area contributed by atoms with Crippen LogP contribution in [0.3, 0.4) is 0 Å². The third-order valence-electron chi connectivity index (χ3n) is 6.45. The number of carbonyl (C=O) groups excluding carboxylic acids is 1. The monoisotopic (exact) mass is 640 g/mol. The van der Waals surface area contributed by atoms with Crippen LogP contribution < -0.4 is 19.6 Å². The molecule has 0 spiro atoms. The molecule has 5 rings (SSSR count). The molecule has 0 saturated carbocycles. The Morgan fingerprint density at radius 1 is 1.20 bits per heavy atom. The summed E-state index contributed by atoms with van der Waals surface area (Å²) in [6, 6.07) is 14.0. The second-order valence-corrected chi connectivity index (χ2v) is 11.6. The van der Waals surface area contributed by atoms with Crippen molar-refractivity contribution in [2.75, 3.05) is 13.7 Å². The Bertz CT molecular complexity index is 1830. The first kappa shape index (κ1) is 28.1. The van der Waals surface area contributed by atoms with Crippen LogP contribution >= 0.6 is 38.9 Å². The van der Waals surface area contributed by atoms with Gasteiger partial charge in [-0.2, -0.15) is 0 Å². The number of esters is 1. The summed E-state index contributed by atoms with van der Waals surface area (Å²) >= 11 is 11.2. The molecule has 0 amide bonds. The summed E-state index contributed by atoms with van der Waals surface area (Å²) in [6.07, 6.45) is 2.48. The summed E-state index contributed by atoms with van der Waals surface area (Å²) < 4.78 is 20.0. The van der Waals surface area contributed by atoms with Gasteiger partial charge >= 0.3 is 5.97 Å². The molecule has 0 aliphatic carbocycles. The first-order valence-electron chi connectivity index (χ1n) is 12.6. The van der Waals surface area contributed by atoms with Crippen LogP contribution in [0, 0.1) is 6.92 Å². The van der Waals surface area contributed by atoms with Crippen molar-refractivity contribution < 1.29 is 18.7 Å². The van der Waals surface area contributed by atoms with Gasteiger partial charge in [0.15, 0.2) is 4.80 Å². The third-order valence-corrected chi connectivity index (χ3v) is 8.32. The summed E-state index contributed by atoms with van der Waals surface area (Å²) in [5.74, 6) is 1.13. The molecule has 0 radical (unpaired) electrons. The van der Waals surface area contributed by atoms with E-state index in [1.807, 2.05) is 44.2 Å². The summed E-state index contributed by atoms with van der Waals surface area (Å²) in [4.78, 5) is 32.0.